The number of aliphatic carboxylic acids is 2. The number of carboxylic acid groups (broad SMARTS) is 2. The molecule has 0 fully saturated rings. The van der Waals surface area contributed by atoms with Crippen LogP contribution in [0.3, 0.4) is 0 Å². The van der Waals surface area contributed by atoms with Crippen LogP contribution in [0.25, 0.3) is 0 Å². The molecule has 0 saturated heterocycles. The number of halogens is 3. The second kappa shape index (κ2) is 11.4. The second-order valence-corrected chi connectivity index (χ2v) is 5.11. The molecule has 0 aliphatic rings. The first kappa shape index (κ1) is 24.7. The van der Waals surface area contributed by atoms with Crippen LogP contribution in [-0.4, -0.2) is 64.4 Å². The predicted molar refractivity (Wildman–Crippen MR) is 87.1 cm³/mol. The van der Waals surface area contributed by atoms with Crippen molar-refractivity contribution in [3.8, 4) is 5.75 Å². The third kappa shape index (κ3) is 10.6. The van der Waals surface area contributed by atoms with E-state index in [1.807, 2.05) is 0 Å². The molecule has 10 nitrogen and oxygen atoms in total. The molecule has 0 heterocycles. The molecule has 0 spiro atoms. The first-order valence-electron chi connectivity index (χ1n) is 7.43. The highest BCUT2D eigenvalue weighted by atomic mass is 19.4. The van der Waals surface area contributed by atoms with Crippen LogP contribution in [0.4, 0.5) is 13.2 Å². The molecule has 28 heavy (non-hydrogen) atoms. The van der Waals surface area contributed by atoms with E-state index in [0.29, 0.717) is 5.56 Å². The van der Waals surface area contributed by atoms with E-state index in [4.69, 9.17) is 25.8 Å². The van der Waals surface area contributed by atoms with Crippen LogP contribution in [0.1, 0.15) is 5.56 Å². The van der Waals surface area contributed by atoms with Crippen LogP contribution >= 0.6 is 0 Å². The van der Waals surface area contributed by atoms with Gasteiger partial charge in [0, 0.05) is 6.42 Å². The summed E-state index contributed by atoms with van der Waals surface area (Å²) in [6.45, 7) is -0.585. The minimum Gasteiger partial charge on any atom is -0.508 e. The van der Waals surface area contributed by atoms with E-state index in [0.717, 1.165) is 0 Å². The van der Waals surface area contributed by atoms with Gasteiger partial charge in [-0.1, -0.05) is 12.1 Å². The van der Waals surface area contributed by atoms with Crippen molar-refractivity contribution in [2.45, 2.75) is 18.6 Å². The lowest BCUT2D eigenvalue weighted by Crippen LogP contribution is -2.47. The number of aromatic hydroxyl groups is 1. The summed E-state index contributed by atoms with van der Waals surface area (Å²) in [6, 6.07) is 4.85. The van der Waals surface area contributed by atoms with Gasteiger partial charge in [-0.05, 0) is 17.7 Å². The van der Waals surface area contributed by atoms with Gasteiger partial charge in [0.1, 0.15) is 11.8 Å². The molecule has 7 N–H and O–H groups in total. The van der Waals surface area contributed by atoms with Gasteiger partial charge < -0.3 is 31.7 Å². The number of hydrogen-bond acceptors (Lipinski definition) is 6. The maximum Gasteiger partial charge on any atom is 0.490 e. The van der Waals surface area contributed by atoms with Gasteiger partial charge in [-0.3, -0.25) is 9.59 Å². The number of phenols is 1. The van der Waals surface area contributed by atoms with Crippen molar-refractivity contribution in [1.29, 1.82) is 0 Å². The van der Waals surface area contributed by atoms with Gasteiger partial charge in [-0.15, -0.1) is 0 Å². The van der Waals surface area contributed by atoms with E-state index in [1.54, 1.807) is 12.1 Å². The fourth-order valence-electron chi connectivity index (χ4n) is 1.56. The molecule has 13 heteroatoms. The Morgan fingerprint density at radius 3 is 1.93 bits per heavy atom. The van der Waals surface area contributed by atoms with Gasteiger partial charge >= 0.3 is 18.1 Å². The summed E-state index contributed by atoms with van der Waals surface area (Å²) >= 11 is 0. The lowest BCUT2D eigenvalue weighted by Gasteiger charge is -2.15. The monoisotopic (exact) mass is 409 g/mol. The fourth-order valence-corrected chi connectivity index (χ4v) is 1.56. The fraction of sp³-hybridized carbons (Fsp3) is 0.333. The molecular weight excluding hydrogens is 391 g/mol. The van der Waals surface area contributed by atoms with Crippen molar-refractivity contribution in [2.75, 3.05) is 13.1 Å². The van der Waals surface area contributed by atoms with E-state index < -0.39 is 36.0 Å². The van der Waals surface area contributed by atoms with Crippen LogP contribution in [0.15, 0.2) is 24.3 Å². The summed E-state index contributed by atoms with van der Waals surface area (Å²) in [7, 11) is 0. The molecule has 0 aliphatic carbocycles. The van der Waals surface area contributed by atoms with Crippen molar-refractivity contribution < 1.29 is 47.7 Å². The minimum absolute atomic E-state index is 0.0617. The zero-order valence-electron chi connectivity index (χ0n) is 14.2. The Bertz CT molecular complexity index is 693. The number of carbonyl (C=O) groups is 4. The summed E-state index contributed by atoms with van der Waals surface area (Å²) in [5.41, 5.74) is 5.71. The van der Waals surface area contributed by atoms with Crippen molar-refractivity contribution in [3.05, 3.63) is 29.8 Å². The average molecular weight is 409 g/mol. The van der Waals surface area contributed by atoms with Crippen molar-refractivity contribution in [1.82, 2.24) is 10.6 Å². The van der Waals surface area contributed by atoms with Gasteiger partial charge in [-0.25, -0.2) is 9.59 Å². The maximum absolute atomic E-state index is 11.6. The van der Waals surface area contributed by atoms with E-state index in [1.165, 1.54) is 12.1 Å². The molecule has 1 rings (SSSR count). The van der Waals surface area contributed by atoms with Gasteiger partial charge in [0.2, 0.25) is 11.8 Å². The molecule has 2 amide bonds. The number of carboxylic acids is 2. The number of hydrogen-bond donors (Lipinski definition) is 6. The number of benzene rings is 1. The molecule has 1 atom stereocenters. The van der Waals surface area contributed by atoms with Crippen molar-refractivity contribution >= 4 is 23.8 Å². The Balaban J connectivity index is 0.000000887. The average Bonchev–Trinajstić information content (AvgIpc) is 2.60. The molecule has 0 unspecified atom stereocenters. The highest BCUT2D eigenvalue weighted by Crippen LogP contribution is 2.13. The van der Waals surface area contributed by atoms with Crippen LogP contribution in [-0.2, 0) is 25.6 Å². The SMILES string of the molecule is NCC(=O)NCC(=O)N[C@@H](Cc1ccc(O)cc1)C(=O)O.O=C(O)C(F)(F)F. The normalized spacial score (nSPS) is 11.4. The molecule has 0 aliphatic heterocycles. The Hall–Kier alpha value is -3.35. The van der Waals surface area contributed by atoms with E-state index in [9.17, 15) is 27.6 Å². The Morgan fingerprint density at radius 2 is 1.54 bits per heavy atom. The van der Waals surface area contributed by atoms with Crippen LogP contribution in [0.2, 0.25) is 0 Å². The van der Waals surface area contributed by atoms with Crippen LogP contribution in [0.5, 0.6) is 5.75 Å². The molecule has 1 aromatic carbocycles. The second-order valence-electron chi connectivity index (χ2n) is 5.11. The predicted octanol–water partition coefficient (Wildman–Crippen LogP) is -0.788. The van der Waals surface area contributed by atoms with Gasteiger partial charge in [0.15, 0.2) is 0 Å². The largest absolute Gasteiger partial charge is 0.508 e. The van der Waals surface area contributed by atoms with Gasteiger partial charge in [-0.2, -0.15) is 13.2 Å². The summed E-state index contributed by atoms with van der Waals surface area (Å²) in [5, 5.41) is 29.9. The molecule has 156 valence electrons. The molecule has 0 saturated carbocycles. The maximum atomic E-state index is 11.6. The van der Waals surface area contributed by atoms with Gasteiger partial charge in [0.25, 0.3) is 0 Å². The third-order valence-corrected chi connectivity index (χ3v) is 2.88. The third-order valence-electron chi connectivity index (χ3n) is 2.88. The number of phenolic OH excluding ortho intramolecular Hbond substituents is 1. The number of alkyl halides is 3. The quantitative estimate of drug-likeness (QED) is 0.339. The number of nitrogens with two attached hydrogens (primary N) is 1. The summed E-state index contributed by atoms with van der Waals surface area (Å²) in [4.78, 5) is 42.5. The van der Waals surface area contributed by atoms with E-state index >= 15 is 0 Å². The van der Waals surface area contributed by atoms with Crippen LogP contribution in [0, 0.1) is 0 Å². The lowest BCUT2D eigenvalue weighted by molar-refractivity contribution is -0.192. The van der Waals surface area contributed by atoms with E-state index in [-0.39, 0.29) is 25.3 Å². The van der Waals surface area contributed by atoms with Crippen molar-refractivity contribution in [2.24, 2.45) is 5.73 Å². The molecule has 0 bridgehead atoms. The zero-order valence-corrected chi connectivity index (χ0v) is 14.2. The summed E-state index contributed by atoms with van der Waals surface area (Å²) < 4.78 is 31.7. The summed E-state index contributed by atoms with van der Waals surface area (Å²) in [5.74, 6) is -5.01. The smallest absolute Gasteiger partial charge is 0.490 e. The lowest BCUT2D eigenvalue weighted by atomic mass is 10.1. The van der Waals surface area contributed by atoms with Crippen LogP contribution < -0.4 is 16.4 Å². The molecule has 0 radical (unpaired) electrons. The highest BCUT2D eigenvalue weighted by Gasteiger charge is 2.38. The zero-order chi connectivity index (χ0) is 21.9. The number of rotatable bonds is 7. The highest BCUT2D eigenvalue weighted by molar-refractivity contribution is 5.88. The molecular formula is C15H18F3N3O7. The summed E-state index contributed by atoms with van der Waals surface area (Å²) in [6.07, 6.45) is -5.02. The Kier molecular flexibility index (Phi) is 10.0. The molecule has 0 aromatic heterocycles. The standard InChI is InChI=1S/C13H17N3O5.C2HF3O2/c14-6-11(18)15-7-12(19)16-10(13(20)21)5-8-1-3-9(17)4-2-8;3-2(4,5)1(6)7/h1-4,10,17H,5-7,14H2,(H,15,18)(H,16,19)(H,20,21);(H,6,7)/t10-;/m0./s1. The Labute approximate surface area is 156 Å². The topological polar surface area (TPSA) is 179 Å². The number of carbonyl (C=O) groups excluding carboxylic acids is 2. The number of amides is 2. The number of nitrogens with one attached hydrogen (secondary N) is 2. The van der Waals surface area contributed by atoms with E-state index in [2.05, 4.69) is 10.6 Å². The first-order chi connectivity index (χ1) is 12.9. The molecule has 1 aromatic rings. The van der Waals surface area contributed by atoms with Gasteiger partial charge in [0.05, 0.1) is 13.1 Å². The minimum atomic E-state index is -5.08. The van der Waals surface area contributed by atoms with Crippen molar-refractivity contribution in [3.63, 3.8) is 0 Å². The Morgan fingerprint density at radius 1 is 1.04 bits per heavy atom. The first-order valence-corrected chi connectivity index (χ1v) is 7.43.